The van der Waals surface area contributed by atoms with Crippen LogP contribution in [0.25, 0.3) is 0 Å². The molecule has 0 aliphatic heterocycles. The molecule has 1 aliphatic rings. The monoisotopic (exact) mass is 202 g/mol. The molecule has 0 heterocycles. The van der Waals surface area contributed by atoms with Crippen LogP contribution in [0.3, 0.4) is 0 Å². The number of allylic oxidation sites excluding steroid dienone is 4. The predicted molar refractivity (Wildman–Crippen MR) is 32.8 cm³/mol. The molecule has 0 saturated heterocycles. The molecule has 13 heavy (non-hydrogen) atoms. The van der Waals surface area contributed by atoms with Crippen molar-refractivity contribution in [2.45, 2.75) is 12.4 Å². The van der Waals surface area contributed by atoms with E-state index in [4.69, 9.17) is 0 Å². The Hall–Kier alpha value is -0.940. The molecule has 0 unspecified atom stereocenters. The topological polar surface area (TPSA) is 0 Å². The highest BCUT2D eigenvalue weighted by molar-refractivity contribution is 5.29. The molecule has 0 saturated carbocycles. The van der Waals surface area contributed by atoms with Gasteiger partial charge in [0.15, 0.2) is 5.41 Å². The zero-order chi connectivity index (χ0) is 10.3. The zero-order valence-electron chi connectivity index (χ0n) is 6.08. The molecule has 0 aromatic carbocycles. The van der Waals surface area contributed by atoms with Crippen LogP contribution in [0.2, 0.25) is 0 Å². The average Bonchev–Trinajstić information content (AvgIpc) is 2.28. The van der Waals surface area contributed by atoms with E-state index >= 15 is 0 Å². The molecule has 0 aromatic rings. The highest BCUT2D eigenvalue weighted by atomic mass is 19.4. The Balaban J connectivity index is 3.19. The molecule has 0 N–H and O–H groups in total. The van der Waals surface area contributed by atoms with Gasteiger partial charge < -0.3 is 0 Å². The van der Waals surface area contributed by atoms with Crippen molar-refractivity contribution in [3.05, 3.63) is 24.3 Å². The summed E-state index contributed by atoms with van der Waals surface area (Å²) in [6.45, 7) is 0. The van der Waals surface area contributed by atoms with Gasteiger partial charge in [0.1, 0.15) is 0 Å². The standard InChI is InChI=1S/C7H4F6/c8-6(9,10)5(7(11,12)13)3-1-2-4-5/h1-4H. The van der Waals surface area contributed by atoms with Crippen molar-refractivity contribution in [1.29, 1.82) is 0 Å². The van der Waals surface area contributed by atoms with Gasteiger partial charge in [0.05, 0.1) is 0 Å². The van der Waals surface area contributed by atoms with E-state index in [0.29, 0.717) is 0 Å². The summed E-state index contributed by atoms with van der Waals surface area (Å²) in [7, 11) is 0. The van der Waals surface area contributed by atoms with Gasteiger partial charge in [-0.1, -0.05) is 24.3 Å². The molecule has 74 valence electrons. The van der Waals surface area contributed by atoms with E-state index in [9.17, 15) is 26.3 Å². The van der Waals surface area contributed by atoms with Crippen molar-refractivity contribution in [2.75, 3.05) is 0 Å². The quantitative estimate of drug-likeness (QED) is 0.529. The maximum atomic E-state index is 12.1. The van der Waals surface area contributed by atoms with E-state index < -0.39 is 17.8 Å². The van der Waals surface area contributed by atoms with Gasteiger partial charge in [-0.05, 0) is 0 Å². The fourth-order valence-electron chi connectivity index (χ4n) is 1.01. The predicted octanol–water partition coefficient (Wildman–Crippen LogP) is 3.22. The Morgan fingerprint density at radius 2 is 1.00 bits per heavy atom. The van der Waals surface area contributed by atoms with Gasteiger partial charge in [-0.15, -0.1) is 0 Å². The lowest BCUT2D eigenvalue weighted by molar-refractivity contribution is -0.301. The Morgan fingerprint density at radius 1 is 0.692 bits per heavy atom. The lowest BCUT2D eigenvalue weighted by Gasteiger charge is -2.30. The van der Waals surface area contributed by atoms with Crippen LogP contribution in [-0.2, 0) is 0 Å². The van der Waals surface area contributed by atoms with Crippen molar-refractivity contribution in [2.24, 2.45) is 5.41 Å². The first-order valence-corrected chi connectivity index (χ1v) is 3.21. The normalized spacial score (nSPS) is 21.1. The van der Waals surface area contributed by atoms with Crippen molar-refractivity contribution in [3.8, 4) is 0 Å². The van der Waals surface area contributed by atoms with Crippen LogP contribution in [0.4, 0.5) is 26.3 Å². The van der Waals surface area contributed by atoms with E-state index in [2.05, 4.69) is 0 Å². The average molecular weight is 202 g/mol. The summed E-state index contributed by atoms with van der Waals surface area (Å²) in [5.41, 5.74) is -3.79. The molecular weight excluding hydrogens is 198 g/mol. The molecule has 0 bridgehead atoms. The van der Waals surface area contributed by atoms with Gasteiger partial charge in [-0.2, -0.15) is 26.3 Å². The van der Waals surface area contributed by atoms with Crippen LogP contribution in [-0.4, -0.2) is 12.4 Å². The third-order valence-corrected chi connectivity index (χ3v) is 1.77. The molecule has 0 radical (unpaired) electrons. The van der Waals surface area contributed by atoms with Crippen molar-refractivity contribution in [3.63, 3.8) is 0 Å². The van der Waals surface area contributed by atoms with E-state index in [1.165, 1.54) is 0 Å². The summed E-state index contributed by atoms with van der Waals surface area (Å²) in [6, 6.07) is 0. The first kappa shape index (κ1) is 10.1. The van der Waals surface area contributed by atoms with Crippen LogP contribution >= 0.6 is 0 Å². The van der Waals surface area contributed by atoms with Gasteiger partial charge in [-0.25, -0.2) is 0 Å². The highest BCUT2D eigenvalue weighted by Gasteiger charge is 2.68. The fraction of sp³-hybridized carbons (Fsp3) is 0.429. The molecular formula is C7H4F6. The highest BCUT2D eigenvalue weighted by Crippen LogP contribution is 2.53. The lowest BCUT2D eigenvalue weighted by Crippen LogP contribution is -2.46. The van der Waals surface area contributed by atoms with E-state index in [0.717, 1.165) is 12.2 Å². The van der Waals surface area contributed by atoms with E-state index in [1.807, 2.05) is 0 Å². The van der Waals surface area contributed by atoms with Gasteiger partial charge in [0.2, 0.25) is 0 Å². The van der Waals surface area contributed by atoms with E-state index in [-0.39, 0.29) is 12.2 Å². The van der Waals surface area contributed by atoms with Gasteiger partial charge in [0.25, 0.3) is 0 Å². The molecule has 0 atom stereocenters. The molecule has 0 amide bonds. The minimum Gasteiger partial charge on any atom is -0.169 e. The van der Waals surface area contributed by atoms with Crippen LogP contribution in [0, 0.1) is 5.41 Å². The summed E-state index contributed by atoms with van der Waals surface area (Å²) in [6.07, 6.45) is -8.99. The van der Waals surface area contributed by atoms with Crippen LogP contribution < -0.4 is 0 Å². The summed E-state index contributed by atoms with van der Waals surface area (Å²) in [5, 5.41) is 0. The van der Waals surface area contributed by atoms with Crippen molar-refractivity contribution in [1.82, 2.24) is 0 Å². The Bertz CT molecular complexity index is 225. The summed E-state index contributed by atoms with van der Waals surface area (Å²) >= 11 is 0. The molecule has 6 heteroatoms. The zero-order valence-corrected chi connectivity index (χ0v) is 6.08. The number of hydrogen-bond acceptors (Lipinski definition) is 0. The van der Waals surface area contributed by atoms with Gasteiger partial charge in [0, 0.05) is 0 Å². The number of rotatable bonds is 0. The molecule has 0 spiro atoms. The first-order valence-electron chi connectivity index (χ1n) is 3.21. The van der Waals surface area contributed by atoms with Crippen LogP contribution in [0.15, 0.2) is 24.3 Å². The number of halogens is 6. The maximum absolute atomic E-state index is 12.1. The number of alkyl halides is 6. The summed E-state index contributed by atoms with van der Waals surface area (Å²) in [5.74, 6) is 0. The fourth-order valence-corrected chi connectivity index (χ4v) is 1.01. The largest absolute Gasteiger partial charge is 0.410 e. The molecule has 0 fully saturated rings. The second-order valence-electron chi connectivity index (χ2n) is 2.58. The molecule has 1 rings (SSSR count). The van der Waals surface area contributed by atoms with Gasteiger partial charge in [-0.3, -0.25) is 0 Å². The van der Waals surface area contributed by atoms with E-state index in [1.54, 1.807) is 0 Å². The third-order valence-electron chi connectivity index (χ3n) is 1.77. The maximum Gasteiger partial charge on any atom is 0.410 e. The third kappa shape index (κ3) is 1.34. The van der Waals surface area contributed by atoms with Crippen molar-refractivity contribution >= 4 is 0 Å². The second-order valence-corrected chi connectivity index (χ2v) is 2.58. The molecule has 0 nitrogen and oxygen atoms in total. The van der Waals surface area contributed by atoms with Gasteiger partial charge >= 0.3 is 12.4 Å². The minimum atomic E-state index is -5.34. The SMILES string of the molecule is FC(F)(F)C1(C(F)(F)F)C=CC=C1. The lowest BCUT2D eigenvalue weighted by atomic mass is 9.88. The summed E-state index contributed by atoms with van der Waals surface area (Å²) < 4.78 is 72.5. The number of hydrogen-bond donors (Lipinski definition) is 0. The van der Waals surface area contributed by atoms with Crippen LogP contribution in [0.5, 0.6) is 0 Å². The summed E-state index contributed by atoms with van der Waals surface area (Å²) in [4.78, 5) is 0. The second kappa shape index (κ2) is 2.52. The Morgan fingerprint density at radius 3 is 1.15 bits per heavy atom. The Kier molecular flexibility index (Phi) is 1.97. The molecule has 1 aliphatic carbocycles. The van der Waals surface area contributed by atoms with Crippen molar-refractivity contribution < 1.29 is 26.3 Å². The minimum absolute atomic E-state index is 0.104. The first-order chi connectivity index (χ1) is 5.71. The molecule has 0 aromatic heterocycles. The van der Waals surface area contributed by atoms with Crippen LogP contribution in [0.1, 0.15) is 0 Å². The Labute approximate surface area is 69.5 Å². The smallest absolute Gasteiger partial charge is 0.169 e.